The van der Waals surface area contributed by atoms with Crippen LogP contribution in [0.5, 0.6) is 0 Å². The number of carbonyl (C=O) groups is 2. The summed E-state index contributed by atoms with van der Waals surface area (Å²) in [6.07, 6.45) is 1.58. The quantitative estimate of drug-likeness (QED) is 0.827. The molecule has 0 unspecified atom stereocenters. The van der Waals surface area contributed by atoms with E-state index in [-0.39, 0.29) is 18.0 Å². The molecule has 0 bridgehead atoms. The molecule has 3 amide bonds. The van der Waals surface area contributed by atoms with Gasteiger partial charge in [0.25, 0.3) is 5.91 Å². The molecule has 130 valence electrons. The molecule has 1 aromatic rings. The van der Waals surface area contributed by atoms with Crippen molar-refractivity contribution in [2.45, 2.75) is 25.8 Å². The highest BCUT2D eigenvalue weighted by atomic mass is 35.5. The van der Waals surface area contributed by atoms with Crippen LogP contribution in [-0.4, -0.2) is 60.6 Å². The van der Waals surface area contributed by atoms with E-state index in [0.717, 1.165) is 43.3 Å². The van der Waals surface area contributed by atoms with Crippen LogP contribution in [0.25, 0.3) is 0 Å². The molecule has 0 aliphatic carbocycles. The smallest absolute Gasteiger partial charge is 0.325 e. The molecule has 0 spiro atoms. The first-order valence-electron chi connectivity index (χ1n) is 8.43. The topological polar surface area (TPSA) is 55.9 Å². The van der Waals surface area contributed by atoms with Gasteiger partial charge in [-0.25, -0.2) is 9.69 Å². The first-order chi connectivity index (χ1) is 11.6. The highest BCUT2D eigenvalue weighted by molar-refractivity contribution is 6.30. The summed E-state index contributed by atoms with van der Waals surface area (Å²) in [7, 11) is 0. The number of nitrogens with one attached hydrogen (secondary N) is 1. The maximum atomic E-state index is 12.3. The van der Waals surface area contributed by atoms with Gasteiger partial charge in [0.1, 0.15) is 6.04 Å². The number of hydrogen-bond donors (Lipinski definition) is 1. The van der Waals surface area contributed by atoms with Gasteiger partial charge in [-0.05, 0) is 24.6 Å². The molecule has 3 rings (SSSR count). The second-order valence-corrected chi connectivity index (χ2v) is 6.72. The van der Waals surface area contributed by atoms with Gasteiger partial charge in [0.15, 0.2) is 0 Å². The summed E-state index contributed by atoms with van der Waals surface area (Å²) < 4.78 is 0. The molecule has 2 heterocycles. The van der Waals surface area contributed by atoms with E-state index in [0.29, 0.717) is 13.1 Å². The van der Waals surface area contributed by atoms with Crippen molar-refractivity contribution in [3.63, 3.8) is 0 Å². The molecule has 2 aliphatic heterocycles. The van der Waals surface area contributed by atoms with E-state index >= 15 is 0 Å². The monoisotopic (exact) mass is 350 g/mol. The molecule has 2 fully saturated rings. The van der Waals surface area contributed by atoms with Gasteiger partial charge in [0, 0.05) is 36.9 Å². The fourth-order valence-corrected chi connectivity index (χ4v) is 3.40. The number of rotatable bonds is 5. The molecule has 0 radical (unpaired) electrons. The average Bonchev–Trinajstić information content (AvgIpc) is 2.83. The van der Waals surface area contributed by atoms with Gasteiger partial charge >= 0.3 is 6.03 Å². The molecular formula is C17H23ClN4O2. The Kier molecular flexibility index (Phi) is 5.26. The minimum Gasteiger partial charge on any atom is -0.369 e. The summed E-state index contributed by atoms with van der Waals surface area (Å²) in [6.45, 7) is 5.69. The van der Waals surface area contributed by atoms with Crippen molar-refractivity contribution in [3.8, 4) is 0 Å². The molecule has 2 saturated heterocycles. The molecule has 1 atom stereocenters. The zero-order valence-electron chi connectivity index (χ0n) is 13.9. The van der Waals surface area contributed by atoms with Gasteiger partial charge in [0.05, 0.1) is 6.67 Å². The number of nitrogens with zero attached hydrogens (tertiary/aromatic N) is 3. The zero-order chi connectivity index (χ0) is 17.1. The highest BCUT2D eigenvalue weighted by Crippen LogP contribution is 2.21. The summed E-state index contributed by atoms with van der Waals surface area (Å²) in [5, 5.41) is 3.50. The maximum Gasteiger partial charge on any atom is 0.325 e. The second-order valence-electron chi connectivity index (χ2n) is 6.28. The van der Waals surface area contributed by atoms with Crippen LogP contribution in [0.2, 0.25) is 5.02 Å². The molecule has 6 nitrogen and oxygen atoms in total. The van der Waals surface area contributed by atoms with Crippen LogP contribution >= 0.6 is 11.6 Å². The number of anilines is 1. The van der Waals surface area contributed by atoms with Gasteiger partial charge in [-0.15, -0.1) is 0 Å². The van der Waals surface area contributed by atoms with E-state index in [1.165, 1.54) is 4.90 Å². The minimum atomic E-state index is -0.352. The summed E-state index contributed by atoms with van der Waals surface area (Å²) in [4.78, 5) is 30.1. The zero-order valence-corrected chi connectivity index (χ0v) is 14.6. The van der Waals surface area contributed by atoms with Crippen molar-refractivity contribution in [3.05, 3.63) is 29.3 Å². The van der Waals surface area contributed by atoms with Gasteiger partial charge in [-0.2, -0.15) is 0 Å². The summed E-state index contributed by atoms with van der Waals surface area (Å²) in [5.41, 5.74) is 1.11. The third-order valence-corrected chi connectivity index (χ3v) is 4.81. The number of piperazine rings is 1. The number of carbonyl (C=O) groups excluding carboxylic acids is 2. The number of hydrogen-bond acceptors (Lipinski definition) is 4. The summed E-state index contributed by atoms with van der Waals surface area (Å²) in [5.74, 6) is -0.0980. The van der Waals surface area contributed by atoms with Crippen molar-refractivity contribution >= 4 is 29.2 Å². The van der Waals surface area contributed by atoms with Crippen LogP contribution in [0, 0.1) is 0 Å². The van der Waals surface area contributed by atoms with Crippen molar-refractivity contribution in [1.29, 1.82) is 0 Å². The molecule has 24 heavy (non-hydrogen) atoms. The first kappa shape index (κ1) is 17.0. The van der Waals surface area contributed by atoms with E-state index in [1.807, 2.05) is 31.2 Å². The summed E-state index contributed by atoms with van der Waals surface area (Å²) in [6, 6.07) is 7.21. The van der Waals surface area contributed by atoms with Crippen molar-refractivity contribution in [1.82, 2.24) is 15.1 Å². The summed E-state index contributed by atoms with van der Waals surface area (Å²) >= 11 is 6.05. The number of halogens is 1. The molecule has 1 N–H and O–H groups in total. The van der Waals surface area contributed by atoms with E-state index in [9.17, 15) is 9.59 Å². The van der Waals surface area contributed by atoms with Crippen LogP contribution in [0.4, 0.5) is 10.5 Å². The van der Waals surface area contributed by atoms with Gasteiger partial charge < -0.3 is 10.2 Å². The second kappa shape index (κ2) is 7.40. The molecule has 0 saturated carbocycles. The predicted octanol–water partition coefficient (Wildman–Crippen LogP) is 2.14. The Morgan fingerprint density at radius 3 is 2.62 bits per heavy atom. The fraction of sp³-hybridized carbons (Fsp3) is 0.529. The first-order valence-corrected chi connectivity index (χ1v) is 8.81. The van der Waals surface area contributed by atoms with Crippen molar-refractivity contribution in [2.75, 3.05) is 37.7 Å². The Bertz CT molecular complexity index is 616. The highest BCUT2D eigenvalue weighted by Gasteiger charge is 2.38. The average molecular weight is 351 g/mol. The Labute approximate surface area is 147 Å². The lowest BCUT2D eigenvalue weighted by molar-refractivity contribution is -0.129. The maximum absolute atomic E-state index is 12.3. The number of benzene rings is 1. The molecule has 0 aromatic heterocycles. The lowest BCUT2D eigenvalue weighted by Crippen LogP contribution is -2.51. The van der Waals surface area contributed by atoms with E-state index in [2.05, 4.69) is 15.1 Å². The Hall–Kier alpha value is -1.79. The van der Waals surface area contributed by atoms with Crippen molar-refractivity contribution < 1.29 is 9.59 Å². The molecule has 7 heteroatoms. The van der Waals surface area contributed by atoms with Crippen LogP contribution in [0.1, 0.15) is 19.8 Å². The van der Waals surface area contributed by atoms with Gasteiger partial charge in [-0.3, -0.25) is 9.69 Å². The van der Waals surface area contributed by atoms with Crippen LogP contribution in [0.15, 0.2) is 24.3 Å². The fourth-order valence-electron chi connectivity index (χ4n) is 3.22. The third-order valence-electron chi connectivity index (χ3n) is 4.57. The molecule has 2 aliphatic rings. The van der Waals surface area contributed by atoms with Crippen LogP contribution in [-0.2, 0) is 4.79 Å². The Balaban J connectivity index is 1.54. The number of amides is 3. The van der Waals surface area contributed by atoms with E-state index < -0.39 is 0 Å². The third kappa shape index (κ3) is 3.65. The van der Waals surface area contributed by atoms with Crippen LogP contribution < -0.4 is 10.2 Å². The standard InChI is InChI=1S/C17H23ClN4O2/c1-2-4-15-16(23)22(17(24)19-15)12-20-7-9-21(10-8-20)14-6-3-5-13(18)11-14/h3,5-6,11,15H,2,4,7-10,12H2,1H3,(H,19,24)/t15-/m1/s1. The number of urea groups is 1. The van der Waals surface area contributed by atoms with Crippen molar-refractivity contribution in [2.24, 2.45) is 0 Å². The normalized spacial score (nSPS) is 22.2. The molecule has 1 aromatic carbocycles. The van der Waals surface area contributed by atoms with E-state index in [4.69, 9.17) is 11.6 Å². The Morgan fingerprint density at radius 2 is 1.96 bits per heavy atom. The minimum absolute atomic E-state index is 0.0980. The SMILES string of the molecule is CCC[C@H]1NC(=O)N(CN2CCN(c3cccc(Cl)c3)CC2)C1=O. The van der Waals surface area contributed by atoms with Gasteiger partial charge in [0.2, 0.25) is 0 Å². The Morgan fingerprint density at radius 1 is 1.21 bits per heavy atom. The van der Waals surface area contributed by atoms with Crippen LogP contribution in [0.3, 0.4) is 0 Å². The van der Waals surface area contributed by atoms with Gasteiger partial charge in [-0.1, -0.05) is 31.0 Å². The number of imide groups is 1. The lowest BCUT2D eigenvalue weighted by Gasteiger charge is -2.37. The lowest BCUT2D eigenvalue weighted by atomic mass is 10.2. The molecular weight excluding hydrogens is 328 g/mol. The van der Waals surface area contributed by atoms with E-state index in [1.54, 1.807) is 0 Å². The predicted molar refractivity (Wildman–Crippen MR) is 94.2 cm³/mol. The largest absolute Gasteiger partial charge is 0.369 e.